The molecule has 2 aromatic carbocycles. The van der Waals surface area contributed by atoms with Crippen molar-refractivity contribution in [1.29, 1.82) is 0 Å². The van der Waals surface area contributed by atoms with Gasteiger partial charge in [-0.05, 0) is 38.1 Å². The summed E-state index contributed by atoms with van der Waals surface area (Å²) in [5, 5.41) is 0. The minimum atomic E-state index is -0.925. The number of halogens is 2. The van der Waals surface area contributed by atoms with Crippen LogP contribution in [0.5, 0.6) is 0 Å². The highest BCUT2D eigenvalue weighted by atomic mass is 19.1. The monoisotopic (exact) mass is 344 g/mol. The number of hydrogen-bond donors (Lipinski definition) is 0. The number of benzene rings is 2. The van der Waals surface area contributed by atoms with Crippen LogP contribution in [-0.4, -0.2) is 35.8 Å². The first-order valence-corrected chi connectivity index (χ1v) is 8.00. The van der Waals surface area contributed by atoms with E-state index in [-0.39, 0.29) is 25.0 Å². The van der Waals surface area contributed by atoms with Crippen LogP contribution in [0.1, 0.15) is 22.8 Å². The molecular formula is C19H18F2N2O2. The normalized spacial score (nSPS) is 17.8. The Balaban J connectivity index is 1.84. The van der Waals surface area contributed by atoms with Crippen LogP contribution in [0.2, 0.25) is 0 Å². The van der Waals surface area contributed by atoms with Gasteiger partial charge in [0.1, 0.15) is 23.7 Å². The lowest BCUT2D eigenvalue weighted by molar-refractivity contribution is -0.121. The van der Waals surface area contributed by atoms with Gasteiger partial charge in [-0.25, -0.2) is 8.78 Å². The second kappa shape index (κ2) is 6.63. The highest BCUT2D eigenvalue weighted by molar-refractivity contribution is 6.02. The first-order valence-electron chi connectivity index (χ1n) is 8.00. The van der Waals surface area contributed by atoms with E-state index in [1.807, 2.05) is 31.2 Å². The summed E-state index contributed by atoms with van der Waals surface area (Å²) in [6.45, 7) is 3.75. The van der Waals surface area contributed by atoms with E-state index in [4.69, 9.17) is 0 Å². The van der Waals surface area contributed by atoms with Gasteiger partial charge >= 0.3 is 0 Å². The summed E-state index contributed by atoms with van der Waals surface area (Å²) in [6.07, 6.45) is 0. The van der Waals surface area contributed by atoms with E-state index in [9.17, 15) is 18.4 Å². The molecule has 2 amide bonds. The van der Waals surface area contributed by atoms with Crippen LogP contribution in [0.15, 0.2) is 42.5 Å². The quantitative estimate of drug-likeness (QED) is 0.840. The molecule has 1 aliphatic heterocycles. The minimum absolute atomic E-state index is 0.221. The summed E-state index contributed by atoms with van der Waals surface area (Å²) < 4.78 is 27.8. The number of nitrogens with zero attached hydrogens (tertiary/aromatic N) is 2. The number of rotatable bonds is 2. The van der Waals surface area contributed by atoms with E-state index in [1.165, 1.54) is 11.0 Å². The Hall–Kier alpha value is -2.76. The number of carbonyl (C=O) groups excluding carboxylic acids is 2. The van der Waals surface area contributed by atoms with Gasteiger partial charge in [0, 0.05) is 18.3 Å². The van der Waals surface area contributed by atoms with Crippen molar-refractivity contribution in [1.82, 2.24) is 4.90 Å². The molecule has 1 saturated heterocycles. The fourth-order valence-electron chi connectivity index (χ4n) is 2.94. The van der Waals surface area contributed by atoms with Crippen LogP contribution in [0.25, 0.3) is 0 Å². The van der Waals surface area contributed by atoms with Crippen molar-refractivity contribution < 1.29 is 18.4 Å². The minimum Gasteiger partial charge on any atom is -0.325 e. The SMILES string of the molecule is Cc1ccc(N2CC(C)N(C(=O)c3c(F)cccc3F)CC2=O)cc1. The molecule has 0 spiro atoms. The number of hydrogen-bond acceptors (Lipinski definition) is 2. The molecule has 0 N–H and O–H groups in total. The second-order valence-corrected chi connectivity index (χ2v) is 6.22. The summed E-state index contributed by atoms with van der Waals surface area (Å²) in [5.41, 5.74) is 1.20. The predicted octanol–water partition coefficient (Wildman–Crippen LogP) is 3.15. The fraction of sp³-hybridized carbons (Fsp3) is 0.263. The van der Waals surface area contributed by atoms with Gasteiger partial charge in [-0.3, -0.25) is 9.59 Å². The molecule has 3 rings (SSSR count). The Morgan fingerprint density at radius 3 is 2.28 bits per heavy atom. The van der Waals surface area contributed by atoms with Gasteiger partial charge in [0.05, 0.1) is 0 Å². The summed E-state index contributed by atoms with van der Waals surface area (Å²) in [7, 11) is 0. The van der Waals surface area contributed by atoms with Gasteiger partial charge in [-0.2, -0.15) is 0 Å². The molecule has 4 nitrogen and oxygen atoms in total. The molecule has 6 heteroatoms. The molecular weight excluding hydrogens is 326 g/mol. The fourth-order valence-corrected chi connectivity index (χ4v) is 2.94. The third kappa shape index (κ3) is 3.24. The summed E-state index contributed by atoms with van der Waals surface area (Å²) in [4.78, 5) is 27.9. The average molecular weight is 344 g/mol. The Labute approximate surface area is 144 Å². The first kappa shape index (κ1) is 17.1. The van der Waals surface area contributed by atoms with Gasteiger partial charge in [0.2, 0.25) is 5.91 Å². The topological polar surface area (TPSA) is 40.6 Å². The van der Waals surface area contributed by atoms with Crippen molar-refractivity contribution in [3.8, 4) is 0 Å². The van der Waals surface area contributed by atoms with Crippen molar-refractivity contribution in [2.45, 2.75) is 19.9 Å². The first-order chi connectivity index (χ1) is 11.9. The standard InChI is InChI=1S/C19H18F2N2O2/c1-12-6-8-14(9-7-12)23-10-13(2)22(11-17(23)24)19(25)18-15(20)4-3-5-16(18)21/h3-9,13H,10-11H2,1-2H3. The third-order valence-electron chi connectivity index (χ3n) is 4.37. The number of anilines is 1. The van der Waals surface area contributed by atoms with Crippen LogP contribution < -0.4 is 4.90 Å². The Bertz CT molecular complexity index is 800. The molecule has 25 heavy (non-hydrogen) atoms. The van der Waals surface area contributed by atoms with Crippen LogP contribution in [-0.2, 0) is 4.79 Å². The highest BCUT2D eigenvalue weighted by Gasteiger charge is 2.35. The van der Waals surface area contributed by atoms with Gasteiger partial charge in [-0.15, -0.1) is 0 Å². The molecule has 0 radical (unpaired) electrons. The third-order valence-corrected chi connectivity index (χ3v) is 4.37. The lowest BCUT2D eigenvalue weighted by atomic mass is 10.1. The van der Waals surface area contributed by atoms with E-state index in [0.717, 1.165) is 23.4 Å². The van der Waals surface area contributed by atoms with E-state index in [2.05, 4.69) is 0 Å². The maximum atomic E-state index is 13.9. The van der Waals surface area contributed by atoms with Crippen molar-refractivity contribution in [3.05, 3.63) is 65.2 Å². The zero-order valence-electron chi connectivity index (χ0n) is 14.0. The molecule has 1 heterocycles. The summed E-state index contributed by atoms with van der Waals surface area (Å²) in [5.74, 6) is -2.94. The lowest BCUT2D eigenvalue weighted by Crippen LogP contribution is -2.57. The lowest BCUT2D eigenvalue weighted by Gasteiger charge is -2.39. The maximum Gasteiger partial charge on any atom is 0.260 e. The van der Waals surface area contributed by atoms with Crippen molar-refractivity contribution in [2.75, 3.05) is 18.0 Å². The van der Waals surface area contributed by atoms with Crippen LogP contribution in [0.4, 0.5) is 14.5 Å². The predicted molar refractivity (Wildman–Crippen MR) is 90.4 cm³/mol. The smallest absolute Gasteiger partial charge is 0.260 e. The van der Waals surface area contributed by atoms with Crippen LogP contribution in [0, 0.1) is 18.6 Å². The van der Waals surface area contributed by atoms with Crippen molar-refractivity contribution in [3.63, 3.8) is 0 Å². The Morgan fingerprint density at radius 1 is 1.08 bits per heavy atom. The molecule has 1 fully saturated rings. The van der Waals surface area contributed by atoms with E-state index >= 15 is 0 Å². The highest BCUT2D eigenvalue weighted by Crippen LogP contribution is 2.23. The van der Waals surface area contributed by atoms with Gasteiger partial charge in [0.25, 0.3) is 5.91 Å². The van der Waals surface area contributed by atoms with E-state index in [0.29, 0.717) is 0 Å². The van der Waals surface area contributed by atoms with Gasteiger partial charge in [-0.1, -0.05) is 23.8 Å². The van der Waals surface area contributed by atoms with Crippen molar-refractivity contribution in [2.24, 2.45) is 0 Å². The van der Waals surface area contributed by atoms with Gasteiger partial charge in [0.15, 0.2) is 0 Å². The zero-order chi connectivity index (χ0) is 18.1. The number of piperazine rings is 1. The van der Waals surface area contributed by atoms with Crippen molar-refractivity contribution >= 4 is 17.5 Å². The average Bonchev–Trinajstić information content (AvgIpc) is 2.57. The molecule has 0 saturated carbocycles. The van der Waals surface area contributed by atoms with Gasteiger partial charge < -0.3 is 9.80 Å². The van der Waals surface area contributed by atoms with Crippen LogP contribution >= 0.6 is 0 Å². The maximum absolute atomic E-state index is 13.9. The zero-order valence-corrected chi connectivity index (χ0v) is 14.0. The molecule has 1 atom stereocenters. The summed E-state index contributed by atoms with van der Waals surface area (Å²) >= 11 is 0. The molecule has 0 aliphatic carbocycles. The number of carbonyl (C=O) groups is 2. The largest absolute Gasteiger partial charge is 0.325 e. The number of aryl methyl sites for hydroxylation is 1. The Kier molecular flexibility index (Phi) is 4.53. The molecule has 0 aromatic heterocycles. The second-order valence-electron chi connectivity index (χ2n) is 6.22. The van der Waals surface area contributed by atoms with Crippen LogP contribution in [0.3, 0.4) is 0 Å². The Morgan fingerprint density at radius 2 is 1.68 bits per heavy atom. The van der Waals surface area contributed by atoms with E-state index in [1.54, 1.807) is 11.8 Å². The molecule has 1 aliphatic rings. The molecule has 0 bridgehead atoms. The molecule has 1 unspecified atom stereocenters. The van der Waals surface area contributed by atoms with E-state index < -0.39 is 23.1 Å². The number of amides is 2. The summed E-state index contributed by atoms with van der Waals surface area (Å²) in [6, 6.07) is 10.4. The molecule has 2 aromatic rings. The molecule has 130 valence electrons.